The van der Waals surface area contributed by atoms with Gasteiger partial charge in [0.2, 0.25) is 0 Å². The molecule has 0 radical (unpaired) electrons. The Bertz CT molecular complexity index is 486. The van der Waals surface area contributed by atoms with Gasteiger partial charge in [0.05, 0.1) is 5.92 Å². The van der Waals surface area contributed by atoms with E-state index in [1.807, 2.05) is 19.1 Å². The number of halogens is 1. The molecule has 0 aliphatic heterocycles. The van der Waals surface area contributed by atoms with Gasteiger partial charge >= 0.3 is 5.97 Å². The first-order valence-electron chi connectivity index (χ1n) is 6.24. The molecular formula is C14H16BrNO3. The van der Waals surface area contributed by atoms with Gasteiger partial charge in [-0.25, -0.2) is 0 Å². The fourth-order valence-corrected chi connectivity index (χ4v) is 2.01. The average molecular weight is 326 g/mol. The molecule has 0 heterocycles. The fraction of sp³-hybridized carbons (Fsp3) is 0.429. The molecule has 102 valence electrons. The van der Waals surface area contributed by atoms with Crippen molar-refractivity contribution in [1.82, 2.24) is 0 Å². The van der Waals surface area contributed by atoms with Crippen LogP contribution in [0.3, 0.4) is 0 Å². The molecule has 1 saturated carbocycles. The molecule has 1 aliphatic carbocycles. The summed E-state index contributed by atoms with van der Waals surface area (Å²) in [6.45, 7) is 3.58. The van der Waals surface area contributed by atoms with Gasteiger partial charge in [-0.05, 0) is 43.5 Å². The maximum atomic E-state index is 11.9. The minimum absolute atomic E-state index is 0.0251. The molecule has 3 atom stereocenters. The van der Waals surface area contributed by atoms with Crippen molar-refractivity contribution in [1.29, 1.82) is 0 Å². The number of carbonyl (C=O) groups is 2. The van der Waals surface area contributed by atoms with Gasteiger partial charge in [-0.3, -0.25) is 9.59 Å². The van der Waals surface area contributed by atoms with Crippen molar-refractivity contribution < 1.29 is 14.3 Å². The highest BCUT2D eigenvalue weighted by Gasteiger charge is 2.41. The average Bonchev–Trinajstić information content (AvgIpc) is 3.09. The van der Waals surface area contributed by atoms with Crippen LogP contribution in [0.25, 0.3) is 0 Å². The monoisotopic (exact) mass is 325 g/mol. The van der Waals surface area contributed by atoms with Gasteiger partial charge < -0.3 is 10.1 Å². The summed E-state index contributed by atoms with van der Waals surface area (Å²) < 4.78 is 6.08. The Labute approximate surface area is 120 Å². The van der Waals surface area contributed by atoms with E-state index in [2.05, 4.69) is 21.2 Å². The van der Waals surface area contributed by atoms with Gasteiger partial charge in [0, 0.05) is 10.2 Å². The maximum absolute atomic E-state index is 11.9. The second-order valence-corrected chi connectivity index (χ2v) is 5.81. The fourth-order valence-electron chi connectivity index (χ4n) is 1.74. The Kier molecular flexibility index (Phi) is 4.24. The van der Waals surface area contributed by atoms with Crippen LogP contribution in [0.4, 0.5) is 5.69 Å². The molecule has 1 amide bonds. The van der Waals surface area contributed by atoms with Crippen molar-refractivity contribution in [2.24, 2.45) is 11.8 Å². The number of carbonyl (C=O) groups excluding carboxylic acids is 2. The highest BCUT2D eigenvalue weighted by molar-refractivity contribution is 9.10. The zero-order chi connectivity index (χ0) is 14.0. The van der Waals surface area contributed by atoms with Crippen molar-refractivity contribution in [3.05, 3.63) is 28.7 Å². The molecule has 2 rings (SSSR count). The molecule has 0 unspecified atom stereocenters. The smallest absolute Gasteiger partial charge is 0.309 e. The number of ether oxygens (including phenoxy) is 1. The quantitative estimate of drug-likeness (QED) is 0.866. The summed E-state index contributed by atoms with van der Waals surface area (Å²) >= 11 is 3.32. The van der Waals surface area contributed by atoms with Crippen molar-refractivity contribution >= 4 is 33.5 Å². The van der Waals surface area contributed by atoms with E-state index in [0.29, 0.717) is 11.6 Å². The maximum Gasteiger partial charge on any atom is 0.309 e. The van der Waals surface area contributed by atoms with Gasteiger partial charge in [-0.15, -0.1) is 0 Å². The second-order valence-electron chi connectivity index (χ2n) is 4.89. The van der Waals surface area contributed by atoms with E-state index in [-0.39, 0.29) is 17.8 Å². The molecule has 1 aromatic rings. The lowest BCUT2D eigenvalue weighted by Gasteiger charge is -2.13. The Morgan fingerprint density at radius 2 is 1.95 bits per heavy atom. The number of benzene rings is 1. The first kappa shape index (κ1) is 14.1. The van der Waals surface area contributed by atoms with Crippen molar-refractivity contribution in [2.75, 3.05) is 5.32 Å². The summed E-state index contributed by atoms with van der Waals surface area (Å²) in [6.07, 6.45) is 0.0869. The zero-order valence-corrected chi connectivity index (χ0v) is 12.4. The molecule has 1 aliphatic rings. The van der Waals surface area contributed by atoms with Crippen LogP contribution in [0, 0.1) is 11.8 Å². The predicted octanol–water partition coefficient (Wildman–Crippen LogP) is 2.98. The lowest BCUT2D eigenvalue weighted by molar-refractivity contribution is -0.154. The highest BCUT2D eigenvalue weighted by Crippen LogP contribution is 2.38. The van der Waals surface area contributed by atoms with Gasteiger partial charge in [0.25, 0.3) is 5.91 Å². The molecule has 0 spiro atoms. The number of esters is 1. The number of rotatable bonds is 4. The standard InChI is InChI=1S/C14H16BrNO3/c1-8-7-12(8)14(18)19-9(2)13(17)16-11-5-3-10(15)4-6-11/h3-6,8-9,12H,7H2,1-2H3,(H,16,17)/t8-,9+,12-/m1/s1. The van der Waals surface area contributed by atoms with Crippen LogP contribution in [0.2, 0.25) is 0 Å². The molecule has 0 aromatic heterocycles. The SMILES string of the molecule is C[C@H](OC(=O)[C@@H]1C[C@H]1C)C(=O)Nc1ccc(Br)cc1. The van der Waals surface area contributed by atoms with Crippen LogP contribution >= 0.6 is 15.9 Å². The van der Waals surface area contributed by atoms with Crippen LogP contribution in [-0.4, -0.2) is 18.0 Å². The minimum atomic E-state index is -0.774. The van der Waals surface area contributed by atoms with Gasteiger partial charge in [-0.2, -0.15) is 0 Å². The summed E-state index contributed by atoms with van der Waals surface area (Å²) in [7, 11) is 0. The van der Waals surface area contributed by atoms with Gasteiger partial charge in [-0.1, -0.05) is 22.9 Å². The molecule has 1 aromatic carbocycles. The third kappa shape index (κ3) is 3.80. The number of anilines is 1. The van der Waals surface area contributed by atoms with Gasteiger partial charge in [0.1, 0.15) is 0 Å². The molecule has 0 bridgehead atoms. The molecule has 4 nitrogen and oxygen atoms in total. The third-order valence-electron chi connectivity index (χ3n) is 3.19. The lowest BCUT2D eigenvalue weighted by atomic mass is 10.3. The Morgan fingerprint density at radius 3 is 2.47 bits per heavy atom. The molecule has 5 heteroatoms. The number of amides is 1. The summed E-state index contributed by atoms with van der Waals surface area (Å²) in [5, 5.41) is 2.71. The molecule has 1 fully saturated rings. The summed E-state index contributed by atoms with van der Waals surface area (Å²) in [6, 6.07) is 7.22. The van der Waals surface area contributed by atoms with Crippen LogP contribution in [-0.2, 0) is 14.3 Å². The summed E-state index contributed by atoms with van der Waals surface area (Å²) in [5.41, 5.74) is 0.677. The molecule has 1 N–H and O–H groups in total. The van der Waals surface area contributed by atoms with Gasteiger partial charge in [0.15, 0.2) is 6.10 Å². The third-order valence-corrected chi connectivity index (χ3v) is 3.71. The van der Waals surface area contributed by atoms with Crippen LogP contribution in [0.1, 0.15) is 20.3 Å². The Balaban J connectivity index is 1.85. The van der Waals surface area contributed by atoms with Crippen molar-refractivity contribution in [2.45, 2.75) is 26.4 Å². The summed E-state index contributed by atoms with van der Waals surface area (Å²) in [5.74, 6) is -0.230. The number of hydrogen-bond acceptors (Lipinski definition) is 3. The second kappa shape index (κ2) is 5.74. The first-order chi connectivity index (χ1) is 8.97. The molecule has 0 saturated heterocycles. The zero-order valence-electron chi connectivity index (χ0n) is 10.9. The molecule has 19 heavy (non-hydrogen) atoms. The van der Waals surface area contributed by atoms with E-state index >= 15 is 0 Å². The first-order valence-corrected chi connectivity index (χ1v) is 7.03. The topological polar surface area (TPSA) is 55.4 Å². The highest BCUT2D eigenvalue weighted by atomic mass is 79.9. The van der Waals surface area contributed by atoms with Crippen LogP contribution in [0.5, 0.6) is 0 Å². The summed E-state index contributed by atoms with van der Waals surface area (Å²) in [4.78, 5) is 23.5. The molecular weight excluding hydrogens is 310 g/mol. The number of nitrogens with one attached hydrogen (secondary N) is 1. The van der Waals surface area contributed by atoms with E-state index in [1.165, 1.54) is 0 Å². The van der Waals surface area contributed by atoms with Crippen molar-refractivity contribution in [3.8, 4) is 0 Å². The van der Waals surface area contributed by atoms with E-state index in [0.717, 1.165) is 10.9 Å². The van der Waals surface area contributed by atoms with E-state index < -0.39 is 6.10 Å². The van der Waals surface area contributed by atoms with Crippen LogP contribution < -0.4 is 5.32 Å². The largest absolute Gasteiger partial charge is 0.452 e. The minimum Gasteiger partial charge on any atom is -0.452 e. The Morgan fingerprint density at radius 1 is 1.37 bits per heavy atom. The lowest BCUT2D eigenvalue weighted by Crippen LogP contribution is -2.30. The van der Waals surface area contributed by atoms with Crippen LogP contribution in [0.15, 0.2) is 28.7 Å². The normalized spacial score (nSPS) is 22.5. The Hall–Kier alpha value is -1.36. The predicted molar refractivity (Wildman–Crippen MR) is 75.6 cm³/mol. The van der Waals surface area contributed by atoms with E-state index in [1.54, 1.807) is 19.1 Å². The number of hydrogen-bond donors (Lipinski definition) is 1. The van der Waals surface area contributed by atoms with Crippen molar-refractivity contribution in [3.63, 3.8) is 0 Å². The van der Waals surface area contributed by atoms with E-state index in [4.69, 9.17) is 4.74 Å². The van der Waals surface area contributed by atoms with E-state index in [9.17, 15) is 9.59 Å².